The van der Waals surface area contributed by atoms with E-state index in [4.69, 9.17) is 0 Å². The van der Waals surface area contributed by atoms with E-state index in [9.17, 15) is 4.79 Å². The third-order valence-corrected chi connectivity index (χ3v) is 6.82. The lowest BCUT2D eigenvalue weighted by atomic mass is 9.80. The average molecular weight is 413 g/mol. The standard InChI is InChI=1S/C29H48O/c1-23(11-8-12-25(3)22-30)13-9-19-29(6,7)20-10-14-24(2)15-17-28-18-16-26(4)27(5)21-28/h11,16,18,21-22,24-25H,8-10,12-15,17,19-20H2,1-7H3/b23-11+. The molecule has 1 nitrogen and oxygen atoms in total. The molecular weight excluding hydrogens is 364 g/mol. The molecule has 0 fully saturated rings. The van der Waals surface area contributed by atoms with Crippen molar-refractivity contribution in [2.24, 2.45) is 17.3 Å². The fourth-order valence-corrected chi connectivity index (χ4v) is 4.18. The van der Waals surface area contributed by atoms with E-state index in [0.717, 1.165) is 25.0 Å². The van der Waals surface area contributed by atoms with E-state index in [1.165, 1.54) is 73.6 Å². The van der Waals surface area contributed by atoms with Crippen LogP contribution < -0.4 is 0 Å². The number of rotatable bonds is 15. The highest BCUT2D eigenvalue weighted by atomic mass is 16.1. The highest BCUT2D eigenvalue weighted by molar-refractivity contribution is 5.52. The van der Waals surface area contributed by atoms with Gasteiger partial charge < -0.3 is 4.79 Å². The van der Waals surface area contributed by atoms with Crippen LogP contribution in [0.5, 0.6) is 0 Å². The SMILES string of the molecule is C/C(=C\CCC(C)C=O)CCCC(C)(C)CCCC(C)CCc1ccc(C)c(C)c1. The number of carbonyl (C=O) groups excluding carboxylic acids is 1. The Labute approximate surface area is 187 Å². The first kappa shape index (κ1) is 26.7. The summed E-state index contributed by atoms with van der Waals surface area (Å²) in [4.78, 5) is 10.7. The van der Waals surface area contributed by atoms with Crippen LogP contribution in [0.4, 0.5) is 0 Å². The first-order valence-corrected chi connectivity index (χ1v) is 12.3. The zero-order valence-electron chi connectivity index (χ0n) is 21.0. The number of hydrogen-bond acceptors (Lipinski definition) is 1. The average Bonchev–Trinajstić information content (AvgIpc) is 2.68. The van der Waals surface area contributed by atoms with E-state index in [0.29, 0.717) is 5.41 Å². The predicted octanol–water partition coefficient (Wildman–Crippen LogP) is 8.80. The third kappa shape index (κ3) is 11.7. The minimum atomic E-state index is 0.191. The highest BCUT2D eigenvalue weighted by Crippen LogP contribution is 2.31. The van der Waals surface area contributed by atoms with Crippen LogP contribution >= 0.6 is 0 Å². The largest absolute Gasteiger partial charge is 0.303 e. The monoisotopic (exact) mass is 412 g/mol. The molecule has 0 aliphatic carbocycles. The van der Waals surface area contributed by atoms with Gasteiger partial charge in [0.05, 0.1) is 0 Å². The Morgan fingerprint density at radius 2 is 1.70 bits per heavy atom. The second-order valence-corrected chi connectivity index (χ2v) is 10.7. The lowest BCUT2D eigenvalue weighted by Gasteiger charge is -2.25. The van der Waals surface area contributed by atoms with E-state index in [1.54, 1.807) is 0 Å². The number of hydrogen-bond donors (Lipinski definition) is 0. The van der Waals surface area contributed by atoms with Gasteiger partial charge in [-0.1, -0.05) is 70.4 Å². The summed E-state index contributed by atoms with van der Waals surface area (Å²) in [6.45, 7) is 16.0. The zero-order valence-corrected chi connectivity index (χ0v) is 21.0. The van der Waals surface area contributed by atoms with Crippen LogP contribution in [0.1, 0.15) is 109 Å². The normalized spacial score (nSPS) is 14.6. The number of carbonyl (C=O) groups is 1. The predicted molar refractivity (Wildman–Crippen MR) is 133 cm³/mol. The summed E-state index contributed by atoms with van der Waals surface area (Å²) in [5, 5.41) is 0. The van der Waals surface area contributed by atoms with Gasteiger partial charge in [0, 0.05) is 5.92 Å². The van der Waals surface area contributed by atoms with Gasteiger partial charge >= 0.3 is 0 Å². The molecule has 1 rings (SSSR count). The summed E-state index contributed by atoms with van der Waals surface area (Å²) in [5.41, 5.74) is 6.24. The van der Waals surface area contributed by atoms with Crippen LogP contribution in [0.25, 0.3) is 0 Å². The van der Waals surface area contributed by atoms with Crippen molar-refractivity contribution < 1.29 is 4.79 Å². The van der Waals surface area contributed by atoms with Crippen LogP contribution in [0.3, 0.4) is 0 Å². The Bertz CT molecular complexity index is 652. The number of allylic oxidation sites excluding steroid dienone is 2. The van der Waals surface area contributed by atoms with Gasteiger partial charge in [0.15, 0.2) is 0 Å². The Morgan fingerprint density at radius 3 is 2.37 bits per heavy atom. The molecule has 0 heterocycles. The van der Waals surface area contributed by atoms with Gasteiger partial charge in [0.1, 0.15) is 6.29 Å². The fourth-order valence-electron chi connectivity index (χ4n) is 4.18. The van der Waals surface area contributed by atoms with Gasteiger partial charge in [0.2, 0.25) is 0 Å². The molecule has 0 amide bonds. The quantitative estimate of drug-likeness (QED) is 0.208. The van der Waals surface area contributed by atoms with Crippen LogP contribution in [0.15, 0.2) is 29.8 Å². The summed E-state index contributed by atoms with van der Waals surface area (Å²) in [6.07, 6.45) is 15.7. The summed E-state index contributed by atoms with van der Waals surface area (Å²) in [6, 6.07) is 6.93. The van der Waals surface area contributed by atoms with E-state index >= 15 is 0 Å². The molecule has 0 radical (unpaired) electrons. The maximum atomic E-state index is 10.7. The molecule has 0 aliphatic rings. The zero-order chi connectivity index (χ0) is 22.6. The Kier molecular flexibility index (Phi) is 12.3. The molecule has 1 aromatic carbocycles. The van der Waals surface area contributed by atoms with E-state index in [-0.39, 0.29) is 5.92 Å². The first-order valence-electron chi connectivity index (χ1n) is 12.3. The van der Waals surface area contributed by atoms with Crippen molar-refractivity contribution >= 4 is 6.29 Å². The Balaban J connectivity index is 2.21. The minimum absolute atomic E-state index is 0.191. The Morgan fingerprint density at radius 1 is 1.00 bits per heavy atom. The summed E-state index contributed by atoms with van der Waals surface area (Å²) in [5.74, 6) is 0.998. The van der Waals surface area contributed by atoms with Crippen molar-refractivity contribution in [3.8, 4) is 0 Å². The van der Waals surface area contributed by atoms with Crippen molar-refractivity contribution in [3.63, 3.8) is 0 Å². The van der Waals surface area contributed by atoms with Gasteiger partial charge in [0.25, 0.3) is 0 Å². The van der Waals surface area contributed by atoms with Crippen LogP contribution in [-0.2, 0) is 11.2 Å². The van der Waals surface area contributed by atoms with Crippen molar-refractivity contribution in [2.75, 3.05) is 0 Å². The maximum absolute atomic E-state index is 10.7. The topological polar surface area (TPSA) is 17.1 Å². The second-order valence-electron chi connectivity index (χ2n) is 10.7. The van der Waals surface area contributed by atoms with Crippen molar-refractivity contribution in [2.45, 2.75) is 113 Å². The second kappa shape index (κ2) is 13.8. The molecule has 0 saturated heterocycles. The molecule has 0 aromatic heterocycles. The van der Waals surface area contributed by atoms with E-state index in [2.05, 4.69) is 65.8 Å². The molecule has 30 heavy (non-hydrogen) atoms. The van der Waals surface area contributed by atoms with Crippen molar-refractivity contribution in [1.29, 1.82) is 0 Å². The molecule has 2 unspecified atom stereocenters. The molecule has 0 spiro atoms. The van der Waals surface area contributed by atoms with Gasteiger partial charge in [-0.2, -0.15) is 0 Å². The number of aldehydes is 1. The summed E-state index contributed by atoms with van der Waals surface area (Å²) in [7, 11) is 0. The molecular formula is C29H48O. The van der Waals surface area contributed by atoms with Crippen LogP contribution in [0.2, 0.25) is 0 Å². The van der Waals surface area contributed by atoms with Gasteiger partial charge in [-0.3, -0.25) is 0 Å². The Hall–Kier alpha value is -1.37. The molecule has 0 saturated carbocycles. The molecule has 0 N–H and O–H groups in total. The lowest BCUT2D eigenvalue weighted by Crippen LogP contribution is -2.12. The van der Waals surface area contributed by atoms with Crippen LogP contribution in [0, 0.1) is 31.1 Å². The van der Waals surface area contributed by atoms with E-state index < -0.39 is 0 Å². The third-order valence-electron chi connectivity index (χ3n) is 6.82. The maximum Gasteiger partial charge on any atom is 0.122 e. The molecule has 2 atom stereocenters. The molecule has 170 valence electrons. The van der Waals surface area contributed by atoms with Gasteiger partial charge in [-0.25, -0.2) is 0 Å². The summed E-state index contributed by atoms with van der Waals surface area (Å²) >= 11 is 0. The van der Waals surface area contributed by atoms with E-state index in [1.807, 2.05) is 6.92 Å². The molecule has 1 heteroatoms. The van der Waals surface area contributed by atoms with Crippen molar-refractivity contribution in [1.82, 2.24) is 0 Å². The van der Waals surface area contributed by atoms with Gasteiger partial charge in [-0.05, 0) is 100 Å². The fraction of sp³-hybridized carbons (Fsp3) is 0.690. The number of benzene rings is 1. The highest BCUT2D eigenvalue weighted by Gasteiger charge is 2.17. The molecule has 0 aliphatic heterocycles. The van der Waals surface area contributed by atoms with Gasteiger partial charge in [-0.15, -0.1) is 0 Å². The lowest BCUT2D eigenvalue weighted by molar-refractivity contribution is -0.110. The molecule has 0 bridgehead atoms. The molecule has 1 aromatic rings. The van der Waals surface area contributed by atoms with Crippen molar-refractivity contribution in [3.05, 3.63) is 46.5 Å². The smallest absolute Gasteiger partial charge is 0.122 e. The minimum Gasteiger partial charge on any atom is -0.303 e. The number of aryl methyl sites for hydroxylation is 3. The first-order chi connectivity index (χ1) is 14.1. The summed E-state index contributed by atoms with van der Waals surface area (Å²) < 4.78 is 0. The van der Waals surface area contributed by atoms with Crippen LogP contribution in [-0.4, -0.2) is 6.29 Å².